The van der Waals surface area contributed by atoms with E-state index in [2.05, 4.69) is 30.7 Å². The number of nitrogens with zero attached hydrogens (tertiary/aromatic N) is 3. The summed E-state index contributed by atoms with van der Waals surface area (Å²) in [6.45, 7) is 7.72. The van der Waals surface area contributed by atoms with Gasteiger partial charge in [-0.15, -0.1) is 0 Å². The Bertz CT molecular complexity index is 1140. The first-order valence-corrected chi connectivity index (χ1v) is 11.8. The average Bonchev–Trinajstić information content (AvgIpc) is 3.04. The van der Waals surface area contributed by atoms with E-state index < -0.39 is 10.0 Å². The lowest BCUT2D eigenvalue weighted by atomic mass is 9.94. The molecule has 6 nitrogen and oxygen atoms in total. The quantitative estimate of drug-likeness (QED) is 0.555. The third-order valence-electron chi connectivity index (χ3n) is 5.28. The Kier molecular flexibility index (Phi) is 6.57. The van der Waals surface area contributed by atoms with E-state index in [1.165, 1.54) is 18.4 Å². The van der Waals surface area contributed by atoms with Gasteiger partial charge in [0.1, 0.15) is 5.82 Å². The van der Waals surface area contributed by atoms with Crippen molar-refractivity contribution in [1.82, 2.24) is 19.2 Å². The first kappa shape index (κ1) is 22.7. The van der Waals surface area contributed by atoms with Crippen LogP contribution in [0.15, 0.2) is 47.4 Å². The zero-order valence-corrected chi connectivity index (χ0v) is 19.7. The highest BCUT2D eigenvalue weighted by Crippen LogP contribution is 2.25. The summed E-state index contributed by atoms with van der Waals surface area (Å²) in [5.74, 6) is 0.883. The first-order valence-electron chi connectivity index (χ1n) is 9.99. The van der Waals surface area contributed by atoms with Gasteiger partial charge in [0.2, 0.25) is 10.0 Å². The van der Waals surface area contributed by atoms with Crippen LogP contribution in [-0.4, -0.2) is 36.4 Å². The lowest BCUT2D eigenvalue weighted by Crippen LogP contribution is -2.36. The summed E-state index contributed by atoms with van der Waals surface area (Å²) in [6, 6.07) is 13.0. The van der Waals surface area contributed by atoms with Crippen LogP contribution in [0.2, 0.25) is 5.02 Å². The SMILES string of the molecule is CCCn1c(CNC(C)(C)c2ccc(Cl)cc2)nc2cc(S(=O)(=O)N(C)C)ccc21. The first-order chi connectivity index (χ1) is 14.1. The van der Waals surface area contributed by atoms with Crippen LogP contribution in [0.25, 0.3) is 11.0 Å². The molecular formula is C22H29ClN4O2S. The summed E-state index contributed by atoms with van der Waals surface area (Å²) in [5.41, 5.74) is 2.48. The van der Waals surface area contributed by atoms with Gasteiger partial charge in [-0.25, -0.2) is 17.7 Å². The minimum Gasteiger partial charge on any atom is -0.327 e. The maximum absolute atomic E-state index is 12.5. The monoisotopic (exact) mass is 448 g/mol. The van der Waals surface area contributed by atoms with Crippen molar-refractivity contribution < 1.29 is 8.42 Å². The number of nitrogens with one attached hydrogen (secondary N) is 1. The van der Waals surface area contributed by atoms with Gasteiger partial charge < -0.3 is 9.88 Å². The number of imidazole rings is 1. The zero-order chi connectivity index (χ0) is 22.1. The second-order valence-corrected chi connectivity index (χ2v) is 10.7. The molecule has 1 aromatic heterocycles. The van der Waals surface area contributed by atoms with E-state index in [1.807, 2.05) is 30.3 Å². The number of rotatable bonds is 8. The number of halogens is 1. The maximum Gasteiger partial charge on any atom is 0.242 e. The van der Waals surface area contributed by atoms with E-state index in [9.17, 15) is 8.42 Å². The molecule has 0 amide bonds. The molecular weight excluding hydrogens is 420 g/mol. The van der Waals surface area contributed by atoms with Crippen molar-refractivity contribution in [2.45, 2.75) is 50.7 Å². The van der Waals surface area contributed by atoms with Crippen LogP contribution < -0.4 is 5.32 Å². The van der Waals surface area contributed by atoms with Crippen LogP contribution in [0.3, 0.4) is 0 Å². The maximum atomic E-state index is 12.5. The Balaban J connectivity index is 1.94. The summed E-state index contributed by atoms with van der Waals surface area (Å²) >= 11 is 6.02. The van der Waals surface area contributed by atoms with Gasteiger partial charge in [0.25, 0.3) is 0 Å². The predicted octanol–water partition coefficient (Wildman–Crippen LogP) is 4.37. The van der Waals surface area contributed by atoms with E-state index in [-0.39, 0.29) is 10.4 Å². The van der Waals surface area contributed by atoms with Crippen LogP contribution in [0.1, 0.15) is 38.6 Å². The van der Waals surface area contributed by atoms with Gasteiger partial charge in [0.05, 0.1) is 22.5 Å². The second kappa shape index (κ2) is 8.67. The fourth-order valence-corrected chi connectivity index (χ4v) is 4.46. The molecule has 2 aromatic carbocycles. The number of aryl methyl sites for hydroxylation is 1. The number of hydrogen-bond acceptors (Lipinski definition) is 4. The smallest absolute Gasteiger partial charge is 0.242 e. The molecule has 8 heteroatoms. The Labute approximate surface area is 183 Å². The molecule has 0 aliphatic carbocycles. The number of sulfonamides is 1. The van der Waals surface area contributed by atoms with Gasteiger partial charge in [0, 0.05) is 31.2 Å². The summed E-state index contributed by atoms with van der Waals surface area (Å²) in [7, 11) is -0.439. The molecule has 1 N–H and O–H groups in total. The summed E-state index contributed by atoms with van der Waals surface area (Å²) < 4.78 is 28.4. The van der Waals surface area contributed by atoms with Crippen molar-refractivity contribution in [2.24, 2.45) is 0 Å². The molecule has 0 bridgehead atoms. The van der Waals surface area contributed by atoms with Crippen molar-refractivity contribution in [3.63, 3.8) is 0 Å². The molecule has 0 fully saturated rings. The standard InChI is InChI=1S/C22H29ClN4O2S/c1-6-13-27-20-12-11-18(30(28,29)26(4)5)14-19(20)25-21(27)15-24-22(2,3)16-7-9-17(23)10-8-16/h7-12,14,24H,6,13,15H2,1-5H3. The third kappa shape index (κ3) is 4.54. The largest absolute Gasteiger partial charge is 0.327 e. The zero-order valence-electron chi connectivity index (χ0n) is 18.1. The van der Waals surface area contributed by atoms with Crippen LogP contribution in [0.4, 0.5) is 0 Å². The molecule has 0 radical (unpaired) electrons. The second-order valence-electron chi connectivity index (χ2n) is 8.10. The predicted molar refractivity (Wildman–Crippen MR) is 122 cm³/mol. The number of aromatic nitrogens is 2. The van der Waals surface area contributed by atoms with E-state index >= 15 is 0 Å². The molecule has 1 heterocycles. The topological polar surface area (TPSA) is 67.2 Å². The molecule has 0 saturated carbocycles. The van der Waals surface area contributed by atoms with E-state index in [0.29, 0.717) is 17.1 Å². The van der Waals surface area contributed by atoms with Gasteiger partial charge in [-0.05, 0) is 56.2 Å². The molecule has 30 heavy (non-hydrogen) atoms. The summed E-state index contributed by atoms with van der Waals surface area (Å²) in [5, 5.41) is 4.29. The molecule has 0 unspecified atom stereocenters. The summed E-state index contributed by atoms with van der Waals surface area (Å²) in [6.07, 6.45) is 0.955. The Morgan fingerprint density at radius 3 is 2.40 bits per heavy atom. The molecule has 162 valence electrons. The Morgan fingerprint density at radius 2 is 1.80 bits per heavy atom. The summed E-state index contributed by atoms with van der Waals surface area (Å²) in [4.78, 5) is 5.02. The van der Waals surface area contributed by atoms with Crippen molar-refractivity contribution in [2.75, 3.05) is 14.1 Å². The fourth-order valence-electron chi connectivity index (χ4n) is 3.41. The molecule has 3 aromatic rings. The minimum absolute atomic E-state index is 0.252. The molecule has 0 atom stereocenters. The van der Waals surface area contributed by atoms with Gasteiger partial charge >= 0.3 is 0 Å². The van der Waals surface area contributed by atoms with Crippen LogP contribution >= 0.6 is 11.6 Å². The lowest BCUT2D eigenvalue weighted by molar-refractivity contribution is 0.390. The molecule has 0 spiro atoms. The highest BCUT2D eigenvalue weighted by atomic mass is 35.5. The highest BCUT2D eigenvalue weighted by molar-refractivity contribution is 7.89. The molecule has 0 aliphatic heterocycles. The number of hydrogen-bond donors (Lipinski definition) is 1. The van der Waals surface area contributed by atoms with E-state index in [0.717, 1.165) is 29.9 Å². The molecule has 0 saturated heterocycles. The van der Waals surface area contributed by atoms with Gasteiger partial charge in [-0.3, -0.25) is 0 Å². The van der Waals surface area contributed by atoms with Gasteiger partial charge in [-0.1, -0.05) is 30.7 Å². The lowest BCUT2D eigenvalue weighted by Gasteiger charge is -2.27. The minimum atomic E-state index is -3.50. The van der Waals surface area contributed by atoms with Crippen LogP contribution in [0, 0.1) is 0 Å². The number of fused-ring (bicyclic) bond motifs is 1. The van der Waals surface area contributed by atoms with Crippen molar-refractivity contribution >= 4 is 32.7 Å². The van der Waals surface area contributed by atoms with Crippen molar-refractivity contribution in [1.29, 1.82) is 0 Å². The average molecular weight is 449 g/mol. The molecule has 3 rings (SSSR count). The normalized spacial score (nSPS) is 12.8. The Morgan fingerprint density at radius 1 is 1.13 bits per heavy atom. The van der Waals surface area contributed by atoms with E-state index in [1.54, 1.807) is 12.1 Å². The van der Waals surface area contributed by atoms with Crippen molar-refractivity contribution in [3.8, 4) is 0 Å². The van der Waals surface area contributed by atoms with E-state index in [4.69, 9.17) is 16.6 Å². The van der Waals surface area contributed by atoms with Gasteiger partial charge in [0.15, 0.2) is 0 Å². The molecule has 0 aliphatic rings. The third-order valence-corrected chi connectivity index (χ3v) is 7.34. The fraction of sp³-hybridized carbons (Fsp3) is 0.409. The van der Waals surface area contributed by atoms with Crippen molar-refractivity contribution in [3.05, 3.63) is 58.9 Å². The number of benzene rings is 2. The van der Waals surface area contributed by atoms with Gasteiger partial charge in [-0.2, -0.15) is 0 Å². The highest BCUT2D eigenvalue weighted by Gasteiger charge is 2.23. The van der Waals surface area contributed by atoms with Crippen LogP contribution in [-0.2, 0) is 28.7 Å². The Hall–Kier alpha value is -1.93. The van der Waals surface area contributed by atoms with Crippen LogP contribution in [0.5, 0.6) is 0 Å².